The van der Waals surface area contributed by atoms with Crippen molar-refractivity contribution in [3.63, 3.8) is 0 Å². The van der Waals surface area contributed by atoms with Crippen molar-refractivity contribution >= 4 is 297 Å². The van der Waals surface area contributed by atoms with Gasteiger partial charge >= 0.3 is 5.97 Å². The maximum atomic E-state index is 16.5. The van der Waals surface area contributed by atoms with Crippen molar-refractivity contribution in [2.24, 2.45) is 5.92 Å². The largest absolute Gasteiger partial charge is 0.447 e. The van der Waals surface area contributed by atoms with Gasteiger partial charge in [-0.05, 0) is 308 Å². The molecule has 28 aromatic rings. The summed E-state index contributed by atoms with van der Waals surface area (Å²) >= 11 is 0. The SMILES string of the molecule is CCCCCCCCCCC1C(=O)OC23c4c5c6c7c8c9c(c%10c%11c2c2c4c4c%12c5c5c6c6c8c8c%13c9c9c%10c%10c%11c%11c2c2c4c4c%12c%12c5c5c6c8c6c8c%13c9c9c%10c%10c%11c2c2c4c4c%12c5c6c5c8c9c%10c2c45)C713. The van der Waals surface area contributed by atoms with Crippen LogP contribution in [0.15, 0.2) is 0 Å². The molecule has 0 amide bonds. The zero-order chi connectivity index (χ0) is 44.7. The summed E-state index contributed by atoms with van der Waals surface area (Å²) in [5.41, 5.74) is 4.45. The number of rotatable bonds is 9. The van der Waals surface area contributed by atoms with Crippen LogP contribution in [0.5, 0.6) is 0 Å². The van der Waals surface area contributed by atoms with Crippen molar-refractivity contribution in [3.05, 3.63) is 22.3 Å². The molecule has 1 saturated heterocycles. The predicted octanol–water partition coefficient (Wildman–Crippen LogP) is 20.0. The van der Waals surface area contributed by atoms with E-state index >= 15 is 4.79 Å². The Bertz CT molecular complexity index is 7060. The summed E-state index contributed by atoms with van der Waals surface area (Å²) in [5, 5.41) is 85.9. The molecule has 74 heavy (non-hydrogen) atoms. The standard InChI is InChI=1S/C72H22O2/c1-2-3-4-5-6-7-8-9-10-11-70(73)74-72-68-62-56-46-34-26-18-14-12-13-16-20(18)28(34)38-32-24(16)25-17(13)21-19-15(12)23-22(14)30-36(26)44-50-40(30)41-31(23)37-27(19)35-29(21)39-33(25)43-42(32)54(48(38)56)64(68)65-55(43)49(39)57-47(35)53-45(37)51(41)59-58(50)66(60(62)52(44)46)71(11,72)67(59)61(53)63(57)69(65)72/h11H,2-10H2,1H3. The van der Waals surface area contributed by atoms with E-state index in [9.17, 15) is 0 Å². The first-order valence-electron chi connectivity index (χ1n) is 28.8. The van der Waals surface area contributed by atoms with Crippen LogP contribution in [0.2, 0.25) is 0 Å². The van der Waals surface area contributed by atoms with Gasteiger partial charge in [-0.2, -0.15) is 0 Å². The summed E-state index contributed by atoms with van der Waals surface area (Å²) in [5.74, 6) is -0.152. The van der Waals surface area contributed by atoms with Crippen molar-refractivity contribution in [1.82, 2.24) is 0 Å². The zero-order valence-electron chi connectivity index (χ0n) is 39.3. The van der Waals surface area contributed by atoms with Crippen LogP contribution in [-0.2, 0) is 20.5 Å². The molecular formula is C72H22O2. The van der Waals surface area contributed by atoms with Gasteiger partial charge in [0.1, 0.15) is 0 Å². The zero-order valence-corrected chi connectivity index (χ0v) is 39.3. The molecule has 1 atom stereocenters. The van der Waals surface area contributed by atoms with Gasteiger partial charge in [-0.3, -0.25) is 4.79 Å². The average Bonchev–Trinajstić information content (AvgIpc) is 4.43. The van der Waals surface area contributed by atoms with Gasteiger partial charge in [0, 0.05) is 11.1 Å². The Kier molecular flexibility index (Phi) is 2.82. The number of hydrogen-bond donors (Lipinski definition) is 0. The van der Waals surface area contributed by atoms with Gasteiger partial charge in [0.2, 0.25) is 0 Å². The average molecular weight is 919 g/mol. The summed E-state index contributed by atoms with van der Waals surface area (Å²) in [6.07, 6.45) is 11.0. The molecule has 5 aliphatic rings. The molecule has 2 heteroatoms. The lowest BCUT2D eigenvalue weighted by Gasteiger charge is -2.49. The first-order valence-corrected chi connectivity index (χ1v) is 28.8. The van der Waals surface area contributed by atoms with E-state index in [4.69, 9.17) is 4.74 Å². The van der Waals surface area contributed by atoms with E-state index < -0.39 is 11.0 Å². The second kappa shape index (κ2) is 7.06. The summed E-state index contributed by atoms with van der Waals surface area (Å²) in [6.45, 7) is 2.33. The number of esters is 1. The van der Waals surface area contributed by atoms with Gasteiger partial charge in [-0.25, -0.2) is 0 Å². The number of carbonyl (C=O) groups is 1. The van der Waals surface area contributed by atoms with Crippen LogP contribution >= 0.6 is 0 Å². The molecule has 1 fully saturated rings. The molecule has 0 bridgehead atoms. The Morgan fingerprint density at radius 3 is 0.676 bits per heavy atom. The van der Waals surface area contributed by atoms with Crippen LogP contribution in [0.3, 0.4) is 0 Å². The van der Waals surface area contributed by atoms with Crippen LogP contribution in [0.4, 0.5) is 0 Å². The van der Waals surface area contributed by atoms with Crippen molar-refractivity contribution in [3.8, 4) is 0 Å². The van der Waals surface area contributed by atoms with Crippen LogP contribution < -0.4 is 0 Å². The first kappa shape index (κ1) is 29.6. The topological polar surface area (TPSA) is 26.3 Å². The lowest BCUT2D eigenvalue weighted by molar-refractivity contribution is -0.148. The fourth-order valence-corrected chi connectivity index (χ4v) is 26.2. The van der Waals surface area contributed by atoms with Gasteiger partial charge in [0.25, 0.3) is 0 Å². The third kappa shape index (κ3) is 1.67. The Morgan fingerprint density at radius 1 is 0.257 bits per heavy atom. The van der Waals surface area contributed by atoms with Crippen molar-refractivity contribution in [2.75, 3.05) is 0 Å². The van der Waals surface area contributed by atoms with Crippen LogP contribution in [0, 0.1) is 5.92 Å². The van der Waals surface area contributed by atoms with Crippen LogP contribution in [0.1, 0.15) is 87.0 Å². The van der Waals surface area contributed by atoms with Gasteiger partial charge in [-0.1, -0.05) is 58.3 Å². The fourth-order valence-electron chi connectivity index (χ4n) is 26.2. The van der Waals surface area contributed by atoms with E-state index in [1.807, 2.05) is 0 Å². The van der Waals surface area contributed by atoms with E-state index in [0.717, 1.165) is 12.8 Å². The minimum Gasteiger partial charge on any atom is -0.447 e. The summed E-state index contributed by atoms with van der Waals surface area (Å²) < 4.78 is 8.14. The highest BCUT2D eigenvalue weighted by atomic mass is 16.6. The van der Waals surface area contributed by atoms with E-state index in [1.165, 1.54) is 77.6 Å². The van der Waals surface area contributed by atoms with Gasteiger partial charge < -0.3 is 4.74 Å². The Labute approximate surface area is 408 Å². The highest BCUT2D eigenvalue weighted by Crippen LogP contribution is 2.86. The quantitative estimate of drug-likeness (QED) is 0.0819. The molecular weight excluding hydrogens is 897 g/mol. The lowest BCUT2D eigenvalue weighted by atomic mass is 9.51. The lowest BCUT2D eigenvalue weighted by Crippen LogP contribution is -2.52. The molecule has 0 radical (unpaired) electrons. The molecule has 1 aliphatic heterocycles. The minimum absolute atomic E-state index is 0.0999. The highest BCUT2D eigenvalue weighted by Gasteiger charge is 2.78. The van der Waals surface area contributed by atoms with Gasteiger partial charge in [0.05, 0.1) is 11.3 Å². The molecule has 2 nitrogen and oxygen atoms in total. The number of benzene rings is 18. The smallest absolute Gasteiger partial charge is 0.311 e. The van der Waals surface area contributed by atoms with Crippen LogP contribution in [0.25, 0.3) is 291 Å². The Hall–Kier alpha value is -8.07. The minimum atomic E-state index is -0.916. The summed E-state index contributed by atoms with van der Waals surface area (Å²) in [7, 11) is 0. The predicted molar refractivity (Wildman–Crippen MR) is 311 cm³/mol. The maximum absolute atomic E-state index is 16.5. The monoisotopic (exact) mass is 918 g/mol. The second-order valence-electron chi connectivity index (χ2n) is 27.5. The highest BCUT2D eigenvalue weighted by molar-refractivity contribution is 6.82. The molecule has 0 aromatic heterocycles. The van der Waals surface area contributed by atoms with E-state index in [2.05, 4.69) is 6.92 Å². The van der Waals surface area contributed by atoms with Gasteiger partial charge in [-0.15, -0.1) is 0 Å². The Morgan fingerprint density at radius 2 is 0.446 bits per heavy atom. The fraction of sp³-hybridized carbons (Fsp3) is 0.181. The molecule has 322 valence electrons. The maximum Gasteiger partial charge on any atom is 0.311 e. The Balaban J connectivity index is 1.03. The van der Waals surface area contributed by atoms with E-state index in [1.54, 1.807) is 280 Å². The summed E-state index contributed by atoms with van der Waals surface area (Å²) in [4.78, 5) is 16.5. The third-order valence-corrected chi connectivity index (χ3v) is 26.7. The normalized spacial score (nSPS) is 23.0. The molecule has 1 heterocycles. The number of ether oxygens (including phenoxy) is 1. The first-order chi connectivity index (χ1) is 36.8. The summed E-state index contributed by atoms with van der Waals surface area (Å²) in [6, 6.07) is 0. The van der Waals surface area contributed by atoms with E-state index in [-0.39, 0.29) is 11.9 Å². The third-order valence-electron chi connectivity index (χ3n) is 26.7. The van der Waals surface area contributed by atoms with Crippen molar-refractivity contribution in [1.29, 1.82) is 0 Å². The van der Waals surface area contributed by atoms with E-state index in [0.29, 0.717) is 0 Å². The number of carbonyl (C=O) groups excluding carboxylic acids is 1. The molecule has 33 rings (SSSR count). The van der Waals surface area contributed by atoms with Crippen molar-refractivity contribution in [2.45, 2.75) is 75.7 Å². The molecule has 1 unspecified atom stereocenters. The molecule has 28 aromatic carbocycles. The van der Waals surface area contributed by atoms with Crippen LogP contribution in [-0.4, -0.2) is 5.97 Å². The van der Waals surface area contributed by atoms with Gasteiger partial charge in [0.15, 0.2) is 5.60 Å². The van der Waals surface area contributed by atoms with Crippen molar-refractivity contribution < 1.29 is 9.53 Å². The molecule has 2 spiro atoms. The number of hydrogen-bond acceptors (Lipinski definition) is 2. The number of unbranched alkanes of at least 4 members (excludes halogenated alkanes) is 7. The molecule has 4 aliphatic carbocycles. The molecule has 0 saturated carbocycles. The molecule has 0 N–H and O–H groups in total. The second-order valence-corrected chi connectivity index (χ2v) is 27.5.